The van der Waals surface area contributed by atoms with Crippen molar-refractivity contribution in [2.45, 2.75) is 12.1 Å². The molecule has 0 rings (SSSR count). The van der Waals surface area contributed by atoms with Crippen molar-refractivity contribution >= 4 is 11.9 Å². The molecule has 2 atom stereocenters. The number of aliphatic hydroxyl groups excluding tert-OH is 1. The fourth-order valence-corrected chi connectivity index (χ4v) is 0.402. The highest BCUT2D eigenvalue weighted by Gasteiger charge is 2.28. The number of aliphatic carboxylic acids is 1. The van der Waals surface area contributed by atoms with Gasteiger partial charge in [-0.1, -0.05) is 0 Å². The standard InChI is InChI=1S/C5H9NO5/c1-11-5(10)3(7)2(6)4(8)9/h2-3,7H,6H2,1H3,(H,8,9)/t2?,3-/m1/s1. The van der Waals surface area contributed by atoms with Crippen LogP contribution < -0.4 is 5.73 Å². The third kappa shape index (κ3) is 2.52. The average Bonchev–Trinajstić information content (AvgIpc) is 2.00. The molecular formula is C5H9NO5. The van der Waals surface area contributed by atoms with Crippen molar-refractivity contribution in [3.8, 4) is 0 Å². The molecule has 1 unspecified atom stereocenters. The number of ether oxygens (including phenoxy) is 1. The number of esters is 1. The molecule has 0 aromatic rings. The Hall–Kier alpha value is -1.14. The summed E-state index contributed by atoms with van der Waals surface area (Å²) in [6, 6.07) is -1.64. The zero-order valence-electron chi connectivity index (χ0n) is 5.85. The van der Waals surface area contributed by atoms with Gasteiger partial charge in [0.15, 0.2) is 6.10 Å². The van der Waals surface area contributed by atoms with Gasteiger partial charge in [0.1, 0.15) is 6.04 Å². The van der Waals surface area contributed by atoms with Crippen molar-refractivity contribution in [2.24, 2.45) is 5.73 Å². The SMILES string of the molecule is COC(=O)[C@H](O)C(N)C(=O)O. The van der Waals surface area contributed by atoms with Crippen LogP contribution in [0.15, 0.2) is 0 Å². The monoisotopic (exact) mass is 163 g/mol. The lowest BCUT2D eigenvalue weighted by Crippen LogP contribution is -2.46. The molecule has 0 bridgehead atoms. The number of methoxy groups -OCH3 is 1. The summed E-state index contributed by atoms with van der Waals surface area (Å²) in [4.78, 5) is 20.5. The van der Waals surface area contributed by atoms with E-state index in [2.05, 4.69) is 4.74 Å². The highest BCUT2D eigenvalue weighted by Crippen LogP contribution is 1.92. The Kier molecular flexibility index (Phi) is 3.49. The third-order valence-corrected chi connectivity index (χ3v) is 1.07. The molecule has 4 N–H and O–H groups in total. The minimum absolute atomic E-state index is 1.03. The molecule has 0 aliphatic rings. The zero-order chi connectivity index (χ0) is 9.02. The van der Waals surface area contributed by atoms with E-state index in [0.717, 1.165) is 7.11 Å². The highest BCUT2D eigenvalue weighted by atomic mass is 16.5. The van der Waals surface area contributed by atoms with Crippen LogP contribution in [-0.2, 0) is 14.3 Å². The van der Waals surface area contributed by atoms with Crippen LogP contribution in [0.1, 0.15) is 0 Å². The van der Waals surface area contributed by atoms with E-state index in [1.54, 1.807) is 0 Å². The van der Waals surface area contributed by atoms with E-state index in [1.807, 2.05) is 0 Å². The quantitative estimate of drug-likeness (QED) is 0.412. The van der Waals surface area contributed by atoms with Crippen molar-refractivity contribution in [3.05, 3.63) is 0 Å². The van der Waals surface area contributed by atoms with Crippen molar-refractivity contribution in [1.29, 1.82) is 0 Å². The normalized spacial score (nSPS) is 15.2. The van der Waals surface area contributed by atoms with Gasteiger partial charge in [0.05, 0.1) is 7.11 Å². The third-order valence-electron chi connectivity index (χ3n) is 1.07. The van der Waals surface area contributed by atoms with Crippen LogP contribution in [0.3, 0.4) is 0 Å². The average molecular weight is 163 g/mol. The Bertz CT molecular complexity index is 168. The number of carboxylic acids is 1. The molecular weight excluding hydrogens is 154 g/mol. The van der Waals surface area contributed by atoms with Gasteiger partial charge in [0.25, 0.3) is 0 Å². The summed E-state index contributed by atoms with van der Waals surface area (Å²) in [7, 11) is 1.03. The Morgan fingerprint density at radius 3 is 2.27 bits per heavy atom. The molecule has 0 aliphatic carbocycles. The molecule has 0 heterocycles. The minimum Gasteiger partial charge on any atom is -0.480 e. The minimum atomic E-state index is -1.81. The lowest BCUT2D eigenvalue weighted by atomic mass is 10.2. The summed E-state index contributed by atoms with van der Waals surface area (Å²) in [5.74, 6) is -2.51. The summed E-state index contributed by atoms with van der Waals surface area (Å²) in [5.41, 5.74) is 4.89. The fourth-order valence-electron chi connectivity index (χ4n) is 0.402. The number of aliphatic hydroxyl groups is 1. The van der Waals surface area contributed by atoms with Crippen molar-refractivity contribution in [3.63, 3.8) is 0 Å². The van der Waals surface area contributed by atoms with E-state index in [9.17, 15) is 9.59 Å². The summed E-state index contributed by atoms with van der Waals surface area (Å²) < 4.78 is 4.05. The highest BCUT2D eigenvalue weighted by molar-refractivity contribution is 5.84. The fraction of sp³-hybridized carbons (Fsp3) is 0.600. The molecule has 0 amide bonds. The maximum atomic E-state index is 10.4. The lowest BCUT2D eigenvalue weighted by Gasteiger charge is -2.11. The van der Waals surface area contributed by atoms with Gasteiger partial charge < -0.3 is 20.7 Å². The predicted octanol–water partition coefficient (Wildman–Crippen LogP) is -2.07. The molecule has 0 saturated carbocycles. The van der Waals surface area contributed by atoms with E-state index < -0.39 is 24.1 Å². The topological polar surface area (TPSA) is 110 Å². The Morgan fingerprint density at radius 1 is 1.55 bits per heavy atom. The predicted molar refractivity (Wildman–Crippen MR) is 33.6 cm³/mol. The Morgan fingerprint density at radius 2 is 2.00 bits per heavy atom. The van der Waals surface area contributed by atoms with E-state index in [1.165, 1.54) is 0 Å². The Labute approximate surface area is 62.6 Å². The second-order valence-electron chi connectivity index (χ2n) is 1.83. The van der Waals surface area contributed by atoms with Crippen LogP contribution in [0.4, 0.5) is 0 Å². The van der Waals surface area contributed by atoms with Crippen LogP contribution in [0.5, 0.6) is 0 Å². The summed E-state index contributed by atoms with van der Waals surface area (Å²) >= 11 is 0. The molecule has 0 aromatic heterocycles. The molecule has 6 heteroatoms. The smallest absolute Gasteiger partial charge is 0.336 e. The zero-order valence-corrected chi connectivity index (χ0v) is 5.85. The van der Waals surface area contributed by atoms with Crippen LogP contribution in [0.25, 0.3) is 0 Å². The number of hydrogen-bond donors (Lipinski definition) is 3. The first-order valence-corrected chi connectivity index (χ1v) is 2.75. The van der Waals surface area contributed by atoms with Gasteiger partial charge in [0, 0.05) is 0 Å². The second-order valence-corrected chi connectivity index (χ2v) is 1.83. The molecule has 6 nitrogen and oxygen atoms in total. The molecule has 0 radical (unpaired) electrons. The number of carbonyl (C=O) groups excluding carboxylic acids is 1. The van der Waals surface area contributed by atoms with Gasteiger partial charge >= 0.3 is 11.9 Å². The molecule has 64 valence electrons. The molecule has 11 heavy (non-hydrogen) atoms. The second kappa shape index (κ2) is 3.89. The van der Waals surface area contributed by atoms with E-state index in [4.69, 9.17) is 15.9 Å². The van der Waals surface area contributed by atoms with Crippen LogP contribution >= 0.6 is 0 Å². The molecule has 0 aromatic carbocycles. The number of nitrogens with two attached hydrogens (primary N) is 1. The van der Waals surface area contributed by atoms with Crippen molar-refractivity contribution < 1.29 is 24.5 Å². The largest absolute Gasteiger partial charge is 0.480 e. The number of carboxylic acid groups (broad SMARTS) is 1. The van der Waals surface area contributed by atoms with Gasteiger partial charge in [-0.05, 0) is 0 Å². The van der Waals surface area contributed by atoms with Crippen LogP contribution in [0.2, 0.25) is 0 Å². The molecule has 0 aliphatic heterocycles. The first-order valence-electron chi connectivity index (χ1n) is 2.75. The number of rotatable bonds is 3. The van der Waals surface area contributed by atoms with Gasteiger partial charge in [-0.2, -0.15) is 0 Å². The first-order chi connectivity index (χ1) is 5.00. The van der Waals surface area contributed by atoms with Gasteiger partial charge in [-0.3, -0.25) is 4.79 Å². The molecule has 0 saturated heterocycles. The van der Waals surface area contributed by atoms with Crippen molar-refractivity contribution in [1.82, 2.24) is 0 Å². The van der Waals surface area contributed by atoms with Crippen LogP contribution in [0, 0.1) is 0 Å². The maximum absolute atomic E-state index is 10.4. The van der Waals surface area contributed by atoms with Crippen LogP contribution in [-0.4, -0.2) is 41.4 Å². The first kappa shape index (κ1) is 9.86. The van der Waals surface area contributed by atoms with Gasteiger partial charge in [-0.15, -0.1) is 0 Å². The number of hydrogen-bond acceptors (Lipinski definition) is 5. The molecule has 0 fully saturated rings. The van der Waals surface area contributed by atoms with E-state index in [-0.39, 0.29) is 0 Å². The number of carbonyl (C=O) groups is 2. The van der Waals surface area contributed by atoms with Crippen molar-refractivity contribution in [2.75, 3.05) is 7.11 Å². The summed E-state index contributed by atoms with van der Waals surface area (Å²) in [6.07, 6.45) is -1.81. The van der Waals surface area contributed by atoms with Gasteiger partial charge in [0.2, 0.25) is 0 Å². The molecule has 0 spiro atoms. The Balaban J connectivity index is 4.12. The maximum Gasteiger partial charge on any atom is 0.336 e. The van der Waals surface area contributed by atoms with E-state index in [0.29, 0.717) is 0 Å². The summed E-state index contributed by atoms with van der Waals surface area (Å²) in [6.45, 7) is 0. The lowest BCUT2D eigenvalue weighted by molar-refractivity contribution is -0.157. The van der Waals surface area contributed by atoms with E-state index >= 15 is 0 Å². The van der Waals surface area contributed by atoms with Gasteiger partial charge in [-0.25, -0.2) is 4.79 Å². The summed E-state index contributed by atoms with van der Waals surface area (Å²) in [5, 5.41) is 17.0.